The highest BCUT2D eigenvalue weighted by atomic mass is 32.2. The third kappa shape index (κ3) is 8.72. The summed E-state index contributed by atoms with van der Waals surface area (Å²) in [5.74, 6) is 2.68. The molecule has 0 radical (unpaired) electrons. The fourth-order valence-electron chi connectivity index (χ4n) is 6.37. The zero-order valence-electron chi connectivity index (χ0n) is 26.1. The van der Waals surface area contributed by atoms with Crippen LogP contribution in [-0.4, -0.2) is 59.4 Å². The van der Waals surface area contributed by atoms with Crippen LogP contribution in [0.4, 0.5) is 0 Å². The van der Waals surface area contributed by atoms with Crippen LogP contribution in [0.25, 0.3) is 0 Å². The SMILES string of the molecule is CC[C@H](C[C@@H]1O[C@@]2(CC[C@@H]1C)C[C@H](OC(=O)c1ccccc1)[C@H](C)[C@H](CC1SCCCS1)O2)OCc1ccc(OC)cc1. The second-order valence-corrected chi connectivity index (χ2v) is 15.2. The Kier molecular flexibility index (Phi) is 11.8. The van der Waals surface area contributed by atoms with Crippen molar-refractivity contribution in [3.05, 3.63) is 65.7 Å². The van der Waals surface area contributed by atoms with Crippen LogP contribution in [0.5, 0.6) is 5.75 Å². The molecule has 5 rings (SSSR count). The summed E-state index contributed by atoms with van der Waals surface area (Å²) in [5.41, 5.74) is 1.71. The van der Waals surface area contributed by atoms with E-state index in [-0.39, 0.29) is 36.3 Å². The molecule has 3 fully saturated rings. The van der Waals surface area contributed by atoms with Gasteiger partial charge in [-0.3, -0.25) is 0 Å². The molecule has 0 N–H and O–H groups in total. The van der Waals surface area contributed by atoms with E-state index in [0.29, 0.717) is 29.1 Å². The van der Waals surface area contributed by atoms with Crippen LogP contribution in [0.15, 0.2) is 54.6 Å². The van der Waals surface area contributed by atoms with E-state index in [2.05, 4.69) is 32.9 Å². The molecule has 0 unspecified atom stereocenters. The Morgan fingerprint density at radius 2 is 1.74 bits per heavy atom. The lowest BCUT2D eigenvalue weighted by Gasteiger charge is -2.52. The molecule has 8 heteroatoms. The van der Waals surface area contributed by atoms with Gasteiger partial charge in [-0.1, -0.05) is 51.1 Å². The molecule has 0 bridgehead atoms. The number of thioether (sulfide) groups is 2. The Labute approximate surface area is 266 Å². The van der Waals surface area contributed by atoms with Gasteiger partial charge in [0, 0.05) is 25.2 Å². The van der Waals surface area contributed by atoms with Crippen LogP contribution >= 0.6 is 23.5 Å². The predicted octanol–water partition coefficient (Wildman–Crippen LogP) is 8.13. The lowest BCUT2D eigenvalue weighted by molar-refractivity contribution is -0.347. The minimum atomic E-state index is -0.756. The molecule has 1 spiro atoms. The number of hydrogen-bond donors (Lipinski definition) is 0. The molecule has 236 valence electrons. The van der Waals surface area contributed by atoms with E-state index in [1.807, 2.05) is 66.0 Å². The summed E-state index contributed by atoms with van der Waals surface area (Å²) in [7, 11) is 1.68. The van der Waals surface area contributed by atoms with Crippen molar-refractivity contribution in [2.45, 2.75) is 107 Å². The van der Waals surface area contributed by atoms with Gasteiger partial charge in [-0.15, -0.1) is 23.5 Å². The Morgan fingerprint density at radius 3 is 2.44 bits per heavy atom. The highest BCUT2D eigenvalue weighted by Gasteiger charge is 2.52. The molecule has 0 aromatic heterocycles. The Bertz CT molecular complexity index is 1140. The number of carbonyl (C=O) groups excluding carboxylic acids is 1. The molecular formula is C35H48O6S2. The molecule has 3 heterocycles. The summed E-state index contributed by atoms with van der Waals surface area (Å²) in [6, 6.07) is 17.4. The summed E-state index contributed by atoms with van der Waals surface area (Å²) in [6.07, 6.45) is 6.05. The zero-order valence-corrected chi connectivity index (χ0v) is 27.7. The van der Waals surface area contributed by atoms with E-state index in [9.17, 15) is 4.79 Å². The van der Waals surface area contributed by atoms with Gasteiger partial charge in [-0.25, -0.2) is 4.79 Å². The maximum absolute atomic E-state index is 13.2. The summed E-state index contributed by atoms with van der Waals surface area (Å²) >= 11 is 4.07. The van der Waals surface area contributed by atoms with Crippen LogP contribution in [-0.2, 0) is 25.6 Å². The van der Waals surface area contributed by atoms with Gasteiger partial charge in [0.15, 0.2) is 5.79 Å². The van der Waals surface area contributed by atoms with Crippen molar-refractivity contribution in [2.75, 3.05) is 18.6 Å². The summed E-state index contributed by atoms with van der Waals surface area (Å²) < 4.78 is 32.5. The molecule has 0 aliphatic carbocycles. The van der Waals surface area contributed by atoms with Crippen LogP contribution < -0.4 is 4.74 Å². The second-order valence-electron chi connectivity index (χ2n) is 12.3. The number of ether oxygens (including phenoxy) is 5. The Hall–Kier alpha value is -1.71. The van der Waals surface area contributed by atoms with Gasteiger partial charge >= 0.3 is 5.97 Å². The first-order chi connectivity index (χ1) is 20.9. The molecule has 3 aliphatic rings. The van der Waals surface area contributed by atoms with E-state index < -0.39 is 5.79 Å². The van der Waals surface area contributed by atoms with Gasteiger partial charge in [0.05, 0.1) is 42.2 Å². The molecule has 3 saturated heterocycles. The van der Waals surface area contributed by atoms with Crippen LogP contribution in [0.3, 0.4) is 0 Å². The molecule has 6 nitrogen and oxygen atoms in total. The quantitative estimate of drug-likeness (QED) is 0.231. The van der Waals surface area contributed by atoms with Crippen LogP contribution in [0.2, 0.25) is 0 Å². The first-order valence-corrected chi connectivity index (χ1v) is 18.1. The normalized spacial score (nSPS) is 30.6. The van der Waals surface area contributed by atoms with Crippen LogP contribution in [0.1, 0.15) is 81.6 Å². The van der Waals surface area contributed by atoms with Crippen molar-refractivity contribution in [3.63, 3.8) is 0 Å². The molecule has 3 aliphatic heterocycles. The highest BCUT2D eigenvalue weighted by molar-refractivity contribution is 8.17. The monoisotopic (exact) mass is 628 g/mol. The fraction of sp³-hybridized carbons (Fsp3) is 0.629. The van der Waals surface area contributed by atoms with Crippen molar-refractivity contribution in [1.82, 2.24) is 0 Å². The third-order valence-corrected chi connectivity index (χ3v) is 12.2. The molecule has 2 aromatic carbocycles. The highest BCUT2D eigenvalue weighted by Crippen LogP contribution is 2.47. The molecule has 7 atom stereocenters. The Morgan fingerprint density at radius 1 is 1.02 bits per heavy atom. The van der Waals surface area contributed by atoms with Crippen molar-refractivity contribution in [1.29, 1.82) is 0 Å². The Balaban J connectivity index is 1.28. The number of esters is 1. The van der Waals surface area contributed by atoms with Crippen molar-refractivity contribution < 1.29 is 28.5 Å². The van der Waals surface area contributed by atoms with Crippen molar-refractivity contribution in [3.8, 4) is 5.75 Å². The number of methoxy groups -OCH3 is 1. The van der Waals surface area contributed by atoms with E-state index in [4.69, 9.17) is 23.7 Å². The first kappa shape index (κ1) is 32.7. The van der Waals surface area contributed by atoms with Gasteiger partial charge in [0.1, 0.15) is 11.9 Å². The molecular weight excluding hydrogens is 581 g/mol. The van der Waals surface area contributed by atoms with Gasteiger partial charge in [-0.05, 0) is 72.9 Å². The average Bonchev–Trinajstić information content (AvgIpc) is 3.04. The summed E-state index contributed by atoms with van der Waals surface area (Å²) in [4.78, 5) is 13.2. The van der Waals surface area contributed by atoms with Gasteiger partial charge in [0.25, 0.3) is 0 Å². The number of carbonyl (C=O) groups is 1. The average molecular weight is 629 g/mol. The molecule has 0 amide bonds. The second kappa shape index (κ2) is 15.5. The maximum atomic E-state index is 13.2. The molecule has 43 heavy (non-hydrogen) atoms. The number of hydrogen-bond acceptors (Lipinski definition) is 8. The van der Waals surface area contributed by atoms with E-state index in [0.717, 1.165) is 43.4 Å². The summed E-state index contributed by atoms with van der Waals surface area (Å²) in [5, 5.41) is 0. The largest absolute Gasteiger partial charge is 0.497 e. The van der Waals surface area contributed by atoms with E-state index >= 15 is 0 Å². The molecule has 2 aromatic rings. The van der Waals surface area contributed by atoms with E-state index in [1.54, 1.807) is 7.11 Å². The minimum absolute atomic E-state index is 0.00697. The number of benzene rings is 2. The van der Waals surface area contributed by atoms with Gasteiger partial charge in [-0.2, -0.15) is 0 Å². The lowest BCUT2D eigenvalue weighted by Crippen LogP contribution is -2.57. The minimum Gasteiger partial charge on any atom is -0.497 e. The molecule has 0 saturated carbocycles. The topological polar surface area (TPSA) is 63.2 Å². The smallest absolute Gasteiger partial charge is 0.338 e. The fourth-order valence-corrected chi connectivity index (χ4v) is 9.31. The van der Waals surface area contributed by atoms with Crippen LogP contribution in [0, 0.1) is 11.8 Å². The maximum Gasteiger partial charge on any atom is 0.338 e. The predicted molar refractivity (Wildman–Crippen MR) is 175 cm³/mol. The summed E-state index contributed by atoms with van der Waals surface area (Å²) in [6.45, 7) is 7.19. The lowest BCUT2D eigenvalue weighted by atomic mass is 9.81. The van der Waals surface area contributed by atoms with E-state index in [1.165, 1.54) is 17.9 Å². The first-order valence-electron chi connectivity index (χ1n) is 16.0. The number of rotatable bonds is 11. The van der Waals surface area contributed by atoms with Gasteiger partial charge in [0.2, 0.25) is 0 Å². The van der Waals surface area contributed by atoms with Crippen molar-refractivity contribution >= 4 is 29.5 Å². The third-order valence-electron chi connectivity index (χ3n) is 9.22. The van der Waals surface area contributed by atoms with Gasteiger partial charge < -0.3 is 23.7 Å². The van der Waals surface area contributed by atoms with Crippen molar-refractivity contribution in [2.24, 2.45) is 11.8 Å². The zero-order chi connectivity index (χ0) is 30.2. The standard InChI is InChI=1S/C35H48O6S2/c1-5-28(38-23-26-12-14-29(37-4)15-13-26)20-30-24(2)16-17-35(40-30)22-32(39-34(36)27-10-7-6-8-11-27)25(3)31(41-35)21-33-42-18-9-19-43-33/h6-8,10-15,24-25,28,30-33H,5,9,16-23H2,1-4H3/t24-,25+,28+,30-,31-,32-,35+/m0/s1.